The third kappa shape index (κ3) is 3.37. The average Bonchev–Trinajstić information content (AvgIpc) is 3.23. The van der Waals surface area contributed by atoms with Crippen molar-refractivity contribution in [2.24, 2.45) is 0 Å². The highest BCUT2D eigenvalue weighted by molar-refractivity contribution is 5.58. The number of rotatable bonds is 7. The maximum atomic E-state index is 4.80. The molecule has 0 amide bonds. The second kappa shape index (κ2) is 6.22. The Morgan fingerprint density at radius 1 is 1.26 bits per heavy atom. The summed E-state index contributed by atoms with van der Waals surface area (Å²) in [4.78, 5) is 11.8. The van der Waals surface area contributed by atoms with Gasteiger partial charge < -0.3 is 10.2 Å². The van der Waals surface area contributed by atoms with E-state index in [1.165, 1.54) is 31.2 Å². The Labute approximate surface area is 116 Å². The van der Waals surface area contributed by atoms with E-state index in [2.05, 4.69) is 38.0 Å². The zero-order valence-corrected chi connectivity index (χ0v) is 12.7. The fourth-order valence-electron chi connectivity index (χ4n) is 2.26. The lowest BCUT2D eigenvalue weighted by molar-refractivity contribution is 0.750. The first-order valence-electron chi connectivity index (χ1n) is 7.50. The van der Waals surface area contributed by atoms with Crippen LogP contribution in [0.5, 0.6) is 0 Å². The lowest BCUT2D eigenvalue weighted by Gasteiger charge is -2.22. The van der Waals surface area contributed by atoms with Gasteiger partial charge in [-0.25, -0.2) is 9.97 Å². The molecule has 1 aromatic rings. The van der Waals surface area contributed by atoms with E-state index >= 15 is 0 Å². The van der Waals surface area contributed by atoms with Gasteiger partial charge in [-0.3, -0.25) is 0 Å². The van der Waals surface area contributed by atoms with Gasteiger partial charge in [0.2, 0.25) is 0 Å². The summed E-state index contributed by atoms with van der Waals surface area (Å²) in [5.41, 5.74) is 1.17. The van der Waals surface area contributed by atoms with E-state index in [-0.39, 0.29) is 0 Å². The molecule has 0 spiro atoms. The van der Waals surface area contributed by atoms with Gasteiger partial charge in [0.15, 0.2) is 0 Å². The summed E-state index contributed by atoms with van der Waals surface area (Å²) in [6.45, 7) is 8.41. The minimum atomic E-state index is 0.594. The Kier molecular flexibility index (Phi) is 4.61. The molecule has 106 valence electrons. The quantitative estimate of drug-likeness (QED) is 0.818. The summed E-state index contributed by atoms with van der Waals surface area (Å²) in [6.07, 6.45) is 4.90. The first-order chi connectivity index (χ1) is 9.17. The molecule has 2 rings (SSSR count). The van der Waals surface area contributed by atoms with Gasteiger partial charge in [-0.05, 0) is 33.1 Å². The van der Waals surface area contributed by atoms with E-state index in [4.69, 9.17) is 9.97 Å². The molecular formula is C15H26N4. The second-order valence-electron chi connectivity index (χ2n) is 5.46. The maximum Gasteiger partial charge on any atom is 0.137 e. The zero-order valence-electron chi connectivity index (χ0n) is 12.7. The molecule has 0 aromatic carbocycles. The lowest BCUT2D eigenvalue weighted by Crippen LogP contribution is -2.22. The van der Waals surface area contributed by atoms with Crippen LogP contribution in [0, 0.1) is 6.92 Å². The number of hydrogen-bond donors (Lipinski definition) is 1. The topological polar surface area (TPSA) is 41.1 Å². The fraction of sp³-hybridized carbons (Fsp3) is 0.733. The van der Waals surface area contributed by atoms with E-state index in [1.807, 2.05) is 0 Å². The van der Waals surface area contributed by atoms with E-state index in [1.54, 1.807) is 0 Å². The number of nitrogens with one attached hydrogen (secondary N) is 1. The third-order valence-electron chi connectivity index (χ3n) is 3.63. The molecule has 0 radical (unpaired) electrons. The minimum Gasteiger partial charge on any atom is -0.370 e. The van der Waals surface area contributed by atoms with Gasteiger partial charge in [0.1, 0.15) is 17.5 Å². The molecule has 1 saturated carbocycles. The van der Waals surface area contributed by atoms with Gasteiger partial charge in [-0.1, -0.05) is 13.3 Å². The molecule has 1 fully saturated rings. The summed E-state index contributed by atoms with van der Waals surface area (Å²) in [5.74, 6) is 3.73. The molecule has 0 saturated heterocycles. The van der Waals surface area contributed by atoms with Crippen LogP contribution < -0.4 is 10.2 Å². The van der Waals surface area contributed by atoms with Crippen LogP contribution in [0.2, 0.25) is 0 Å². The molecule has 0 unspecified atom stereocenters. The van der Waals surface area contributed by atoms with Crippen molar-refractivity contribution in [3.05, 3.63) is 11.4 Å². The van der Waals surface area contributed by atoms with Crippen molar-refractivity contribution in [3.8, 4) is 0 Å². The standard InChI is InChI=1S/C15H26N4/c1-5-7-10-19(4)15-11(3)13(16-6-2)17-14(18-15)12-8-9-12/h12H,5-10H2,1-4H3,(H,16,17,18). The predicted octanol–water partition coefficient (Wildman–Crippen LogP) is 3.33. The van der Waals surface area contributed by atoms with Crippen LogP contribution in [0.15, 0.2) is 0 Å². The van der Waals surface area contributed by atoms with Crippen molar-refractivity contribution >= 4 is 11.6 Å². The van der Waals surface area contributed by atoms with Crippen molar-refractivity contribution < 1.29 is 0 Å². The SMILES string of the molecule is CCCCN(C)c1nc(C2CC2)nc(NCC)c1C. The highest BCUT2D eigenvalue weighted by Gasteiger charge is 2.28. The Balaban J connectivity index is 2.28. The predicted molar refractivity (Wildman–Crippen MR) is 81.1 cm³/mol. The Morgan fingerprint density at radius 2 is 2.00 bits per heavy atom. The van der Waals surface area contributed by atoms with E-state index in [0.717, 1.165) is 30.5 Å². The number of unbranched alkanes of at least 4 members (excludes halogenated alkanes) is 1. The second-order valence-corrected chi connectivity index (χ2v) is 5.46. The van der Waals surface area contributed by atoms with Gasteiger partial charge >= 0.3 is 0 Å². The zero-order chi connectivity index (χ0) is 13.8. The largest absolute Gasteiger partial charge is 0.370 e. The molecule has 1 heterocycles. The van der Waals surface area contributed by atoms with Gasteiger partial charge in [0, 0.05) is 31.6 Å². The van der Waals surface area contributed by atoms with Gasteiger partial charge in [0.25, 0.3) is 0 Å². The summed E-state index contributed by atoms with van der Waals surface area (Å²) < 4.78 is 0. The third-order valence-corrected chi connectivity index (χ3v) is 3.63. The van der Waals surface area contributed by atoms with Crippen molar-refractivity contribution in [2.45, 2.75) is 52.4 Å². The molecular weight excluding hydrogens is 236 g/mol. The van der Waals surface area contributed by atoms with Crippen molar-refractivity contribution in [3.63, 3.8) is 0 Å². The van der Waals surface area contributed by atoms with E-state index in [9.17, 15) is 0 Å². The van der Waals surface area contributed by atoms with E-state index < -0.39 is 0 Å². The number of aromatic nitrogens is 2. The number of anilines is 2. The van der Waals surface area contributed by atoms with Gasteiger partial charge in [-0.2, -0.15) is 0 Å². The van der Waals surface area contributed by atoms with Crippen LogP contribution in [-0.2, 0) is 0 Å². The maximum absolute atomic E-state index is 4.80. The lowest BCUT2D eigenvalue weighted by atomic mass is 10.2. The van der Waals surface area contributed by atoms with Crippen LogP contribution in [-0.4, -0.2) is 30.1 Å². The van der Waals surface area contributed by atoms with Crippen LogP contribution >= 0.6 is 0 Å². The normalized spacial score (nSPS) is 14.5. The molecule has 1 aliphatic carbocycles. The van der Waals surface area contributed by atoms with Gasteiger partial charge in [-0.15, -0.1) is 0 Å². The Hall–Kier alpha value is -1.32. The molecule has 0 bridgehead atoms. The van der Waals surface area contributed by atoms with Crippen molar-refractivity contribution in [1.29, 1.82) is 0 Å². The summed E-state index contributed by atoms with van der Waals surface area (Å²) in [6, 6.07) is 0. The van der Waals surface area contributed by atoms with Crippen molar-refractivity contribution in [2.75, 3.05) is 30.4 Å². The molecule has 0 atom stereocenters. The van der Waals surface area contributed by atoms with E-state index in [0.29, 0.717) is 5.92 Å². The highest BCUT2D eigenvalue weighted by atomic mass is 15.2. The van der Waals surface area contributed by atoms with Crippen LogP contribution in [0.1, 0.15) is 56.8 Å². The fourth-order valence-corrected chi connectivity index (χ4v) is 2.26. The molecule has 1 aromatic heterocycles. The summed E-state index contributed by atoms with van der Waals surface area (Å²) in [7, 11) is 2.14. The average molecular weight is 262 g/mol. The molecule has 4 heteroatoms. The smallest absolute Gasteiger partial charge is 0.137 e. The Morgan fingerprint density at radius 3 is 2.58 bits per heavy atom. The molecule has 19 heavy (non-hydrogen) atoms. The van der Waals surface area contributed by atoms with Crippen molar-refractivity contribution in [1.82, 2.24) is 9.97 Å². The Bertz CT molecular complexity index is 426. The van der Waals surface area contributed by atoms with Crippen LogP contribution in [0.4, 0.5) is 11.6 Å². The minimum absolute atomic E-state index is 0.594. The highest BCUT2D eigenvalue weighted by Crippen LogP contribution is 2.39. The summed E-state index contributed by atoms with van der Waals surface area (Å²) in [5, 5.41) is 3.37. The molecule has 1 N–H and O–H groups in total. The van der Waals surface area contributed by atoms with Crippen LogP contribution in [0.3, 0.4) is 0 Å². The molecule has 4 nitrogen and oxygen atoms in total. The van der Waals surface area contributed by atoms with Gasteiger partial charge in [0.05, 0.1) is 0 Å². The monoisotopic (exact) mass is 262 g/mol. The number of nitrogens with zero attached hydrogens (tertiary/aromatic N) is 3. The number of hydrogen-bond acceptors (Lipinski definition) is 4. The first kappa shape index (κ1) is 14.1. The molecule has 1 aliphatic rings. The first-order valence-corrected chi connectivity index (χ1v) is 7.50. The van der Waals surface area contributed by atoms with Crippen LogP contribution in [0.25, 0.3) is 0 Å². The summed E-state index contributed by atoms with van der Waals surface area (Å²) >= 11 is 0. The molecule has 0 aliphatic heterocycles.